The van der Waals surface area contributed by atoms with Crippen molar-refractivity contribution in [3.63, 3.8) is 0 Å². The van der Waals surface area contributed by atoms with Gasteiger partial charge in [-0.2, -0.15) is 0 Å². The smallest absolute Gasteiger partial charge is 0.234 e. The number of amides is 1. The molecule has 3 N–H and O–H groups in total. The molecular formula is C11H17N5O. The molecule has 2 heterocycles. The number of fused-ring (bicyclic) bond motifs is 1. The third-order valence-electron chi connectivity index (χ3n) is 3.90. The monoisotopic (exact) mass is 235 g/mol. The number of primary amides is 1. The van der Waals surface area contributed by atoms with E-state index in [0.717, 1.165) is 18.5 Å². The maximum Gasteiger partial charge on any atom is 0.234 e. The highest BCUT2D eigenvalue weighted by atomic mass is 16.1. The Kier molecular flexibility index (Phi) is 2.07. The van der Waals surface area contributed by atoms with Crippen LogP contribution in [0.5, 0.6) is 0 Å². The van der Waals surface area contributed by atoms with Crippen LogP contribution >= 0.6 is 0 Å². The molecule has 1 aromatic heterocycles. The van der Waals surface area contributed by atoms with Gasteiger partial charge in [-0.3, -0.25) is 10.1 Å². The number of nitrogens with zero attached hydrogens (tertiary/aromatic N) is 3. The van der Waals surface area contributed by atoms with E-state index in [2.05, 4.69) is 29.5 Å². The van der Waals surface area contributed by atoms with E-state index < -0.39 is 0 Å². The van der Waals surface area contributed by atoms with Gasteiger partial charge >= 0.3 is 0 Å². The fourth-order valence-electron chi connectivity index (χ4n) is 2.75. The van der Waals surface area contributed by atoms with E-state index in [0.29, 0.717) is 12.0 Å². The summed E-state index contributed by atoms with van der Waals surface area (Å²) in [6, 6.07) is 0.0936. The Bertz CT molecular complexity index is 468. The molecule has 1 aromatic rings. The van der Waals surface area contributed by atoms with Crippen molar-refractivity contribution < 1.29 is 4.79 Å². The highest BCUT2D eigenvalue weighted by Gasteiger charge is 2.63. The van der Waals surface area contributed by atoms with Crippen LogP contribution in [0, 0.1) is 5.92 Å². The van der Waals surface area contributed by atoms with E-state index in [4.69, 9.17) is 5.73 Å². The van der Waals surface area contributed by atoms with Crippen LogP contribution in [0.15, 0.2) is 6.20 Å². The Labute approximate surface area is 99.6 Å². The number of carbonyl (C=O) groups excluding carboxylic acids is 1. The summed E-state index contributed by atoms with van der Waals surface area (Å²) in [4.78, 5) is 11.2. The lowest BCUT2D eigenvalue weighted by Crippen LogP contribution is -2.42. The van der Waals surface area contributed by atoms with E-state index in [1.807, 2.05) is 10.9 Å². The second kappa shape index (κ2) is 3.29. The van der Waals surface area contributed by atoms with Crippen molar-refractivity contribution in [1.29, 1.82) is 0 Å². The fraction of sp³-hybridized carbons (Fsp3) is 0.727. The van der Waals surface area contributed by atoms with E-state index in [9.17, 15) is 4.79 Å². The minimum Gasteiger partial charge on any atom is -0.368 e. The molecule has 6 nitrogen and oxygen atoms in total. The van der Waals surface area contributed by atoms with Crippen molar-refractivity contribution in [1.82, 2.24) is 20.3 Å². The lowest BCUT2D eigenvalue weighted by atomic mass is 10.1. The Morgan fingerprint density at radius 3 is 3.00 bits per heavy atom. The second-order valence-electron chi connectivity index (χ2n) is 5.38. The van der Waals surface area contributed by atoms with Crippen LogP contribution in [0.2, 0.25) is 0 Å². The van der Waals surface area contributed by atoms with E-state index in [-0.39, 0.29) is 17.5 Å². The van der Waals surface area contributed by atoms with Crippen molar-refractivity contribution in [2.45, 2.75) is 44.3 Å². The standard InChI is InChI=1S/C11H17N5O/c1-6(2)16-5-9(14-15-16)11-4-7(11)3-8(13-11)10(12)17/h5-8,13H,3-4H2,1-2H3,(H2,12,17). The average Bonchev–Trinajstić information content (AvgIpc) is 2.71. The zero-order valence-electron chi connectivity index (χ0n) is 10.1. The molecule has 2 fully saturated rings. The van der Waals surface area contributed by atoms with Gasteiger partial charge in [-0.05, 0) is 32.6 Å². The van der Waals surface area contributed by atoms with Gasteiger partial charge in [0.15, 0.2) is 0 Å². The molecule has 1 saturated carbocycles. The molecule has 0 radical (unpaired) electrons. The maximum atomic E-state index is 11.2. The summed E-state index contributed by atoms with van der Waals surface area (Å²) in [5.74, 6) is 0.213. The summed E-state index contributed by atoms with van der Waals surface area (Å²) in [6.07, 6.45) is 3.83. The van der Waals surface area contributed by atoms with Gasteiger partial charge in [0.2, 0.25) is 5.91 Å². The molecule has 2 aliphatic rings. The normalized spacial score (nSPS) is 35.0. The molecule has 6 heteroatoms. The van der Waals surface area contributed by atoms with Crippen LogP contribution in [0.25, 0.3) is 0 Å². The SMILES string of the molecule is CC(C)n1cc(C23CC2CC(C(N)=O)N3)nn1. The zero-order valence-corrected chi connectivity index (χ0v) is 10.1. The summed E-state index contributed by atoms with van der Waals surface area (Å²) in [6.45, 7) is 4.13. The van der Waals surface area contributed by atoms with Crippen molar-refractivity contribution in [2.75, 3.05) is 0 Å². The van der Waals surface area contributed by atoms with Gasteiger partial charge in [0.1, 0.15) is 5.69 Å². The van der Waals surface area contributed by atoms with Crippen molar-refractivity contribution in [3.8, 4) is 0 Å². The summed E-state index contributed by atoms with van der Waals surface area (Å²) < 4.78 is 1.85. The maximum absolute atomic E-state index is 11.2. The molecule has 0 aromatic carbocycles. The summed E-state index contributed by atoms with van der Waals surface area (Å²) in [7, 11) is 0. The number of hydrogen-bond donors (Lipinski definition) is 2. The van der Waals surface area contributed by atoms with Gasteiger partial charge in [0.05, 0.1) is 17.8 Å². The number of hydrogen-bond acceptors (Lipinski definition) is 4. The Hall–Kier alpha value is -1.43. The van der Waals surface area contributed by atoms with Crippen LogP contribution in [-0.4, -0.2) is 26.9 Å². The lowest BCUT2D eigenvalue weighted by Gasteiger charge is -2.14. The molecule has 1 aliphatic heterocycles. The van der Waals surface area contributed by atoms with Crippen LogP contribution in [-0.2, 0) is 10.3 Å². The van der Waals surface area contributed by atoms with Crippen LogP contribution in [0.3, 0.4) is 0 Å². The predicted molar refractivity (Wildman–Crippen MR) is 60.9 cm³/mol. The highest BCUT2D eigenvalue weighted by Crippen LogP contribution is 2.58. The van der Waals surface area contributed by atoms with Gasteiger partial charge < -0.3 is 5.73 Å². The molecule has 3 atom stereocenters. The van der Waals surface area contributed by atoms with Crippen LogP contribution in [0.1, 0.15) is 38.4 Å². The van der Waals surface area contributed by atoms with E-state index >= 15 is 0 Å². The first-order valence-electron chi connectivity index (χ1n) is 6.02. The number of rotatable bonds is 3. The third-order valence-corrected chi connectivity index (χ3v) is 3.90. The minimum atomic E-state index is -0.271. The summed E-state index contributed by atoms with van der Waals surface area (Å²) in [5.41, 5.74) is 6.14. The fourth-order valence-corrected chi connectivity index (χ4v) is 2.75. The molecule has 0 bridgehead atoms. The largest absolute Gasteiger partial charge is 0.368 e. The van der Waals surface area contributed by atoms with Gasteiger partial charge in [0, 0.05) is 6.04 Å². The highest BCUT2D eigenvalue weighted by molar-refractivity contribution is 5.81. The quantitative estimate of drug-likeness (QED) is 0.767. The molecule has 17 heavy (non-hydrogen) atoms. The van der Waals surface area contributed by atoms with Crippen molar-refractivity contribution >= 4 is 5.91 Å². The van der Waals surface area contributed by atoms with Crippen LogP contribution < -0.4 is 11.1 Å². The summed E-state index contributed by atoms with van der Waals surface area (Å²) >= 11 is 0. The number of nitrogens with one attached hydrogen (secondary N) is 1. The number of nitrogens with two attached hydrogens (primary N) is 1. The molecule has 1 amide bonds. The van der Waals surface area contributed by atoms with Gasteiger partial charge in [-0.1, -0.05) is 5.21 Å². The molecular weight excluding hydrogens is 218 g/mol. The molecule has 3 unspecified atom stereocenters. The van der Waals surface area contributed by atoms with Gasteiger partial charge in [-0.25, -0.2) is 4.68 Å². The van der Waals surface area contributed by atoms with E-state index in [1.54, 1.807) is 0 Å². The minimum absolute atomic E-state index is 0.132. The van der Waals surface area contributed by atoms with Gasteiger partial charge in [0.25, 0.3) is 0 Å². The Balaban J connectivity index is 1.83. The predicted octanol–water partition coefficient (Wildman–Crippen LogP) is -0.0786. The second-order valence-corrected chi connectivity index (χ2v) is 5.38. The topological polar surface area (TPSA) is 85.8 Å². The third kappa shape index (κ3) is 1.47. The molecule has 1 aliphatic carbocycles. The van der Waals surface area contributed by atoms with Crippen LogP contribution in [0.4, 0.5) is 0 Å². The number of carbonyl (C=O) groups is 1. The average molecular weight is 235 g/mol. The Morgan fingerprint density at radius 1 is 1.71 bits per heavy atom. The molecule has 3 rings (SSSR count). The first-order chi connectivity index (χ1) is 8.03. The van der Waals surface area contributed by atoms with E-state index in [1.165, 1.54) is 0 Å². The number of piperidine rings is 1. The van der Waals surface area contributed by atoms with Crippen molar-refractivity contribution in [3.05, 3.63) is 11.9 Å². The first kappa shape index (κ1) is 10.7. The Morgan fingerprint density at radius 2 is 2.47 bits per heavy atom. The van der Waals surface area contributed by atoms with Crippen molar-refractivity contribution in [2.24, 2.45) is 11.7 Å². The first-order valence-corrected chi connectivity index (χ1v) is 6.02. The molecule has 92 valence electrons. The zero-order chi connectivity index (χ0) is 12.2. The summed E-state index contributed by atoms with van der Waals surface area (Å²) in [5, 5.41) is 11.7. The molecule has 1 saturated heterocycles. The molecule has 0 spiro atoms. The van der Waals surface area contributed by atoms with Gasteiger partial charge in [-0.15, -0.1) is 5.10 Å². The number of aromatic nitrogens is 3. The lowest BCUT2D eigenvalue weighted by molar-refractivity contribution is -0.120.